The maximum atomic E-state index is 12.3. The largest absolute Gasteiger partial charge is 0.240 e. The van der Waals surface area contributed by atoms with E-state index in [0.717, 1.165) is 17.2 Å². The summed E-state index contributed by atoms with van der Waals surface area (Å²) in [7, 11) is -3.35. The Labute approximate surface area is 119 Å². The van der Waals surface area contributed by atoms with E-state index < -0.39 is 10.0 Å². The summed E-state index contributed by atoms with van der Waals surface area (Å²) in [6, 6.07) is 7.27. The molecule has 0 amide bonds. The van der Waals surface area contributed by atoms with Crippen molar-refractivity contribution in [3.8, 4) is 0 Å². The lowest BCUT2D eigenvalue weighted by Crippen LogP contribution is -2.38. The Kier molecular flexibility index (Phi) is 3.62. The molecule has 2 aliphatic carbocycles. The molecule has 2 fully saturated rings. The quantitative estimate of drug-likeness (QED) is 0.869. The fourth-order valence-electron chi connectivity index (χ4n) is 3.41. The summed E-state index contributed by atoms with van der Waals surface area (Å²) >= 11 is 1.62. The molecule has 1 N–H and O–H groups in total. The summed E-state index contributed by atoms with van der Waals surface area (Å²) in [6.07, 6.45) is 6.68. The molecule has 0 spiro atoms. The number of nitrogens with one attached hydrogen (secondary N) is 1. The molecule has 0 heterocycles. The highest BCUT2D eigenvalue weighted by Gasteiger charge is 2.41. The Morgan fingerprint density at radius 1 is 1.16 bits per heavy atom. The number of rotatable bonds is 4. The van der Waals surface area contributed by atoms with Crippen LogP contribution in [0.4, 0.5) is 0 Å². The third-order valence-corrected chi connectivity index (χ3v) is 6.66. The summed E-state index contributed by atoms with van der Waals surface area (Å²) in [6.45, 7) is 0. The van der Waals surface area contributed by atoms with Crippen molar-refractivity contribution in [2.75, 3.05) is 6.26 Å². The van der Waals surface area contributed by atoms with E-state index in [9.17, 15) is 8.42 Å². The molecule has 3 rings (SSSR count). The van der Waals surface area contributed by atoms with Crippen molar-refractivity contribution in [2.45, 2.75) is 41.5 Å². The van der Waals surface area contributed by atoms with Crippen LogP contribution in [0.5, 0.6) is 0 Å². The minimum absolute atomic E-state index is 0.156. The van der Waals surface area contributed by atoms with Gasteiger partial charge in [0.25, 0.3) is 0 Å². The van der Waals surface area contributed by atoms with E-state index in [0.29, 0.717) is 10.8 Å². The van der Waals surface area contributed by atoms with E-state index in [1.807, 2.05) is 18.4 Å². The zero-order chi connectivity index (χ0) is 13.5. The SMILES string of the molecule is CSc1ccc(S(=O)(=O)N[C@H]2C[C@@H]3CC[C@@H]2C3)cc1. The van der Waals surface area contributed by atoms with Gasteiger partial charge in [-0.2, -0.15) is 0 Å². The Balaban J connectivity index is 1.75. The summed E-state index contributed by atoms with van der Waals surface area (Å²) < 4.78 is 27.6. The molecule has 0 aromatic heterocycles. The number of hydrogen-bond donors (Lipinski definition) is 1. The fraction of sp³-hybridized carbons (Fsp3) is 0.571. The first-order valence-corrected chi connectivity index (χ1v) is 9.45. The zero-order valence-electron chi connectivity index (χ0n) is 11.0. The number of benzene rings is 1. The monoisotopic (exact) mass is 297 g/mol. The minimum Gasteiger partial charge on any atom is -0.208 e. The second kappa shape index (κ2) is 5.11. The van der Waals surface area contributed by atoms with Gasteiger partial charge in [-0.15, -0.1) is 11.8 Å². The summed E-state index contributed by atoms with van der Waals surface area (Å²) in [5.41, 5.74) is 0. The third kappa shape index (κ3) is 2.69. The molecule has 5 heteroatoms. The molecule has 0 saturated heterocycles. The van der Waals surface area contributed by atoms with Crippen LogP contribution >= 0.6 is 11.8 Å². The number of thioether (sulfide) groups is 1. The third-order valence-electron chi connectivity index (χ3n) is 4.41. The molecule has 3 nitrogen and oxygen atoms in total. The molecule has 0 radical (unpaired) electrons. The molecule has 1 aromatic rings. The van der Waals surface area contributed by atoms with Gasteiger partial charge in [0, 0.05) is 10.9 Å². The van der Waals surface area contributed by atoms with Gasteiger partial charge in [0.1, 0.15) is 0 Å². The van der Waals surface area contributed by atoms with Crippen LogP contribution in [0.3, 0.4) is 0 Å². The van der Waals surface area contributed by atoms with Crippen LogP contribution in [0.15, 0.2) is 34.1 Å². The highest BCUT2D eigenvalue weighted by atomic mass is 32.2. The lowest BCUT2D eigenvalue weighted by atomic mass is 9.96. The van der Waals surface area contributed by atoms with Crippen LogP contribution in [-0.4, -0.2) is 20.7 Å². The van der Waals surface area contributed by atoms with Crippen LogP contribution in [0.2, 0.25) is 0 Å². The highest BCUT2D eigenvalue weighted by molar-refractivity contribution is 7.98. The van der Waals surface area contributed by atoms with Gasteiger partial charge in [-0.25, -0.2) is 13.1 Å². The molecule has 104 valence electrons. The van der Waals surface area contributed by atoms with Crippen molar-refractivity contribution in [3.05, 3.63) is 24.3 Å². The average molecular weight is 297 g/mol. The topological polar surface area (TPSA) is 46.2 Å². The smallest absolute Gasteiger partial charge is 0.208 e. The molecular weight excluding hydrogens is 278 g/mol. The van der Waals surface area contributed by atoms with Gasteiger partial charge in [-0.05, 0) is 61.6 Å². The molecule has 2 bridgehead atoms. The Bertz CT molecular complexity index is 553. The van der Waals surface area contributed by atoms with Gasteiger partial charge in [-0.3, -0.25) is 0 Å². The van der Waals surface area contributed by atoms with E-state index in [4.69, 9.17) is 0 Å². The fourth-order valence-corrected chi connectivity index (χ4v) is 5.14. The molecule has 2 saturated carbocycles. The first-order chi connectivity index (χ1) is 9.08. The van der Waals surface area contributed by atoms with Crippen molar-refractivity contribution in [3.63, 3.8) is 0 Å². The summed E-state index contributed by atoms with van der Waals surface area (Å²) in [5, 5.41) is 0. The maximum Gasteiger partial charge on any atom is 0.240 e. The lowest BCUT2D eigenvalue weighted by molar-refractivity contribution is 0.390. The van der Waals surface area contributed by atoms with Gasteiger partial charge >= 0.3 is 0 Å². The molecule has 1 aromatic carbocycles. The first-order valence-electron chi connectivity index (χ1n) is 6.75. The van der Waals surface area contributed by atoms with E-state index >= 15 is 0 Å². The number of hydrogen-bond acceptors (Lipinski definition) is 3. The van der Waals surface area contributed by atoms with Crippen LogP contribution in [0.25, 0.3) is 0 Å². The van der Waals surface area contributed by atoms with Gasteiger partial charge in [0.05, 0.1) is 4.90 Å². The van der Waals surface area contributed by atoms with E-state index in [-0.39, 0.29) is 6.04 Å². The van der Waals surface area contributed by atoms with Crippen molar-refractivity contribution in [1.82, 2.24) is 4.72 Å². The number of fused-ring (bicyclic) bond motifs is 2. The normalized spacial score (nSPS) is 29.8. The second-order valence-electron chi connectivity index (χ2n) is 5.58. The molecule has 3 atom stereocenters. The van der Waals surface area contributed by atoms with Gasteiger partial charge in [-0.1, -0.05) is 6.42 Å². The van der Waals surface area contributed by atoms with Crippen LogP contribution < -0.4 is 4.72 Å². The predicted molar refractivity (Wildman–Crippen MR) is 77.8 cm³/mol. The zero-order valence-corrected chi connectivity index (χ0v) is 12.6. The van der Waals surface area contributed by atoms with Gasteiger partial charge < -0.3 is 0 Å². The standard InChI is InChI=1S/C14H19NO2S2/c1-18-12-4-6-13(7-5-12)19(16,17)15-14-9-10-2-3-11(14)8-10/h4-7,10-11,14-15H,2-3,8-9H2,1H3/t10-,11-,14+/m1/s1. The summed E-state index contributed by atoms with van der Waals surface area (Å²) in [4.78, 5) is 1.46. The molecule has 2 aliphatic rings. The van der Waals surface area contributed by atoms with Gasteiger partial charge in [0.15, 0.2) is 0 Å². The highest BCUT2D eigenvalue weighted by Crippen LogP contribution is 2.44. The van der Waals surface area contributed by atoms with Crippen LogP contribution in [0, 0.1) is 11.8 Å². The van der Waals surface area contributed by atoms with Crippen molar-refractivity contribution in [1.29, 1.82) is 0 Å². The first kappa shape index (κ1) is 13.5. The van der Waals surface area contributed by atoms with Crippen molar-refractivity contribution >= 4 is 21.8 Å². The minimum atomic E-state index is -3.35. The van der Waals surface area contributed by atoms with E-state index in [1.54, 1.807) is 23.9 Å². The molecule has 0 unspecified atom stereocenters. The number of sulfonamides is 1. The second-order valence-corrected chi connectivity index (χ2v) is 8.17. The van der Waals surface area contributed by atoms with Crippen molar-refractivity contribution in [2.24, 2.45) is 11.8 Å². The van der Waals surface area contributed by atoms with Crippen LogP contribution in [-0.2, 0) is 10.0 Å². The summed E-state index contributed by atoms with van der Waals surface area (Å²) in [5.74, 6) is 1.31. The Hall–Kier alpha value is -0.520. The van der Waals surface area contributed by atoms with Gasteiger partial charge in [0.2, 0.25) is 10.0 Å². The molecular formula is C14H19NO2S2. The predicted octanol–water partition coefficient (Wildman–Crippen LogP) is 2.88. The Morgan fingerprint density at radius 3 is 2.42 bits per heavy atom. The van der Waals surface area contributed by atoms with Crippen molar-refractivity contribution < 1.29 is 8.42 Å². The molecule has 0 aliphatic heterocycles. The molecule has 19 heavy (non-hydrogen) atoms. The van der Waals surface area contributed by atoms with Crippen LogP contribution in [0.1, 0.15) is 25.7 Å². The maximum absolute atomic E-state index is 12.3. The Morgan fingerprint density at radius 2 is 1.89 bits per heavy atom. The lowest BCUT2D eigenvalue weighted by Gasteiger charge is -2.22. The van der Waals surface area contributed by atoms with E-state index in [2.05, 4.69) is 4.72 Å². The van der Waals surface area contributed by atoms with E-state index in [1.165, 1.54) is 19.3 Å². The average Bonchev–Trinajstić information content (AvgIpc) is 3.00.